The molecular weight excluding hydrogens is 272 g/mol. The number of rotatable bonds is 2. The van der Waals surface area contributed by atoms with Gasteiger partial charge in [0.05, 0.1) is 5.56 Å². The van der Waals surface area contributed by atoms with Crippen molar-refractivity contribution in [2.75, 3.05) is 0 Å². The average Bonchev–Trinajstić information content (AvgIpc) is 2.46. The summed E-state index contributed by atoms with van der Waals surface area (Å²) in [6.07, 6.45) is 3.25. The first-order valence-electron chi connectivity index (χ1n) is 6.67. The van der Waals surface area contributed by atoms with E-state index < -0.39 is 5.97 Å². The summed E-state index contributed by atoms with van der Waals surface area (Å²) in [7, 11) is 0. The van der Waals surface area contributed by atoms with Gasteiger partial charge in [-0.3, -0.25) is 0 Å². The lowest BCUT2D eigenvalue weighted by atomic mass is 9.77. The Morgan fingerprint density at radius 3 is 2.40 bits per heavy atom. The lowest BCUT2D eigenvalue weighted by molar-refractivity contribution is 0.0695. The molecule has 3 heteroatoms. The van der Waals surface area contributed by atoms with Crippen LogP contribution in [0.2, 0.25) is 0 Å². The lowest BCUT2D eigenvalue weighted by Crippen LogP contribution is -2.14. The second-order valence-corrected chi connectivity index (χ2v) is 5.04. The summed E-state index contributed by atoms with van der Waals surface area (Å²) < 4.78 is 0. The molecule has 2 aromatic rings. The fraction of sp³-hybridized carbons (Fsp3) is 0.235. The molecule has 0 bridgehead atoms. The third-order valence-electron chi connectivity index (χ3n) is 3.94. The number of halogens is 1. The molecule has 0 aromatic heterocycles. The molecule has 0 saturated heterocycles. The quantitative estimate of drug-likeness (QED) is 0.896. The molecule has 0 amide bonds. The van der Waals surface area contributed by atoms with Crippen LogP contribution in [0.25, 0.3) is 0 Å². The highest BCUT2D eigenvalue weighted by atomic mass is 35.5. The SMILES string of the molecule is Cl.O=C(O)c1ccccc1C1CCCc2ccccc21. The van der Waals surface area contributed by atoms with Gasteiger partial charge in [-0.2, -0.15) is 0 Å². The van der Waals surface area contributed by atoms with Gasteiger partial charge < -0.3 is 5.11 Å². The van der Waals surface area contributed by atoms with Gasteiger partial charge in [-0.1, -0.05) is 42.5 Å². The maximum atomic E-state index is 11.4. The van der Waals surface area contributed by atoms with Gasteiger partial charge in [0.2, 0.25) is 0 Å². The van der Waals surface area contributed by atoms with E-state index in [1.807, 2.05) is 18.2 Å². The van der Waals surface area contributed by atoms with E-state index in [9.17, 15) is 9.90 Å². The van der Waals surface area contributed by atoms with E-state index in [2.05, 4.69) is 18.2 Å². The third-order valence-corrected chi connectivity index (χ3v) is 3.94. The zero-order chi connectivity index (χ0) is 13.2. The fourth-order valence-corrected chi connectivity index (χ4v) is 3.07. The van der Waals surface area contributed by atoms with Crippen molar-refractivity contribution in [1.29, 1.82) is 0 Å². The molecule has 1 unspecified atom stereocenters. The van der Waals surface area contributed by atoms with E-state index in [0.717, 1.165) is 24.8 Å². The van der Waals surface area contributed by atoms with Crippen LogP contribution >= 0.6 is 12.4 Å². The predicted molar refractivity (Wildman–Crippen MR) is 81.9 cm³/mol. The van der Waals surface area contributed by atoms with Crippen LogP contribution in [0.15, 0.2) is 48.5 Å². The second-order valence-electron chi connectivity index (χ2n) is 5.04. The van der Waals surface area contributed by atoms with Gasteiger partial charge in [-0.15, -0.1) is 12.4 Å². The fourth-order valence-electron chi connectivity index (χ4n) is 3.07. The van der Waals surface area contributed by atoms with Gasteiger partial charge in [0.25, 0.3) is 0 Å². The second kappa shape index (κ2) is 6.10. The van der Waals surface area contributed by atoms with Crippen molar-refractivity contribution in [1.82, 2.24) is 0 Å². The van der Waals surface area contributed by atoms with E-state index >= 15 is 0 Å². The standard InChI is InChI=1S/C17H16O2.ClH/c18-17(19)16-10-4-3-9-15(16)14-11-5-7-12-6-1-2-8-13(12)14;/h1-4,6,8-10,14H,5,7,11H2,(H,18,19);1H. The summed E-state index contributed by atoms with van der Waals surface area (Å²) in [6, 6.07) is 15.8. The van der Waals surface area contributed by atoms with Crippen LogP contribution in [0.3, 0.4) is 0 Å². The minimum Gasteiger partial charge on any atom is -0.478 e. The molecule has 20 heavy (non-hydrogen) atoms. The molecule has 1 N–H and O–H groups in total. The Balaban J connectivity index is 0.00000147. The third kappa shape index (κ3) is 2.56. The number of hydrogen-bond donors (Lipinski definition) is 1. The molecule has 1 atom stereocenters. The monoisotopic (exact) mass is 288 g/mol. The molecule has 0 saturated carbocycles. The Kier molecular flexibility index (Phi) is 4.46. The Bertz CT molecular complexity index is 622. The topological polar surface area (TPSA) is 37.3 Å². The summed E-state index contributed by atoms with van der Waals surface area (Å²) in [4.78, 5) is 11.4. The minimum atomic E-state index is -0.835. The molecule has 0 aliphatic heterocycles. The molecule has 0 fully saturated rings. The number of carboxylic acids is 1. The van der Waals surface area contributed by atoms with E-state index in [0.29, 0.717) is 5.56 Å². The highest BCUT2D eigenvalue weighted by Gasteiger charge is 2.24. The number of hydrogen-bond acceptors (Lipinski definition) is 1. The first kappa shape index (κ1) is 14.6. The molecule has 1 aliphatic carbocycles. The molecule has 1 aliphatic rings. The van der Waals surface area contributed by atoms with Gasteiger partial charge >= 0.3 is 5.97 Å². The first-order valence-corrected chi connectivity index (χ1v) is 6.67. The van der Waals surface area contributed by atoms with Crippen LogP contribution < -0.4 is 0 Å². The van der Waals surface area contributed by atoms with Crippen LogP contribution in [-0.4, -0.2) is 11.1 Å². The molecule has 2 aromatic carbocycles. The van der Waals surface area contributed by atoms with Crippen LogP contribution in [0, 0.1) is 0 Å². The van der Waals surface area contributed by atoms with Gasteiger partial charge in [0.1, 0.15) is 0 Å². The summed E-state index contributed by atoms with van der Waals surface area (Å²) in [6.45, 7) is 0. The van der Waals surface area contributed by atoms with E-state index in [-0.39, 0.29) is 18.3 Å². The molecule has 104 valence electrons. The van der Waals surface area contributed by atoms with Crippen molar-refractivity contribution in [2.45, 2.75) is 25.2 Å². The minimum absolute atomic E-state index is 0. The Morgan fingerprint density at radius 2 is 1.65 bits per heavy atom. The van der Waals surface area contributed by atoms with Crippen molar-refractivity contribution in [3.05, 3.63) is 70.8 Å². The lowest BCUT2D eigenvalue weighted by Gasteiger charge is -2.26. The number of aryl methyl sites for hydroxylation is 1. The zero-order valence-electron chi connectivity index (χ0n) is 11.1. The first-order chi connectivity index (χ1) is 9.27. The average molecular weight is 289 g/mol. The predicted octanol–water partition coefficient (Wildman–Crippen LogP) is 4.27. The number of aromatic carboxylic acids is 1. The van der Waals surface area contributed by atoms with E-state index in [1.165, 1.54) is 11.1 Å². The van der Waals surface area contributed by atoms with Gasteiger partial charge in [-0.05, 0) is 42.0 Å². The summed E-state index contributed by atoms with van der Waals surface area (Å²) >= 11 is 0. The Labute approximate surface area is 124 Å². The molecule has 0 heterocycles. The number of benzene rings is 2. The van der Waals surface area contributed by atoms with E-state index in [1.54, 1.807) is 12.1 Å². The molecule has 3 rings (SSSR count). The zero-order valence-corrected chi connectivity index (χ0v) is 11.9. The van der Waals surface area contributed by atoms with Crippen molar-refractivity contribution >= 4 is 18.4 Å². The largest absolute Gasteiger partial charge is 0.478 e. The van der Waals surface area contributed by atoms with Crippen molar-refractivity contribution in [2.24, 2.45) is 0 Å². The number of carbonyl (C=O) groups is 1. The number of carboxylic acid groups (broad SMARTS) is 1. The van der Waals surface area contributed by atoms with Crippen LogP contribution in [-0.2, 0) is 6.42 Å². The molecule has 0 radical (unpaired) electrons. The molecule has 0 spiro atoms. The van der Waals surface area contributed by atoms with Gasteiger partial charge in [-0.25, -0.2) is 4.79 Å². The molecular formula is C17H17ClO2. The van der Waals surface area contributed by atoms with Crippen molar-refractivity contribution in [3.8, 4) is 0 Å². The smallest absolute Gasteiger partial charge is 0.335 e. The summed E-state index contributed by atoms with van der Waals surface area (Å²) in [5, 5.41) is 9.34. The van der Waals surface area contributed by atoms with Crippen LogP contribution in [0.1, 0.15) is 45.8 Å². The Morgan fingerprint density at radius 1 is 1.00 bits per heavy atom. The normalized spacial score (nSPS) is 16.9. The highest BCUT2D eigenvalue weighted by Crippen LogP contribution is 2.37. The van der Waals surface area contributed by atoms with Gasteiger partial charge in [0.15, 0.2) is 0 Å². The Hall–Kier alpha value is -1.80. The van der Waals surface area contributed by atoms with Crippen LogP contribution in [0.5, 0.6) is 0 Å². The van der Waals surface area contributed by atoms with E-state index in [4.69, 9.17) is 0 Å². The maximum Gasteiger partial charge on any atom is 0.335 e. The van der Waals surface area contributed by atoms with Crippen LogP contribution in [0.4, 0.5) is 0 Å². The van der Waals surface area contributed by atoms with Crippen molar-refractivity contribution in [3.63, 3.8) is 0 Å². The van der Waals surface area contributed by atoms with Gasteiger partial charge in [0, 0.05) is 5.92 Å². The highest BCUT2D eigenvalue weighted by molar-refractivity contribution is 5.89. The maximum absolute atomic E-state index is 11.4. The summed E-state index contributed by atoms with van der Waals surface area (Å²) in [5.74, 6) is -0.615. The summed E-state index contributed by atoms with van der Waals surface area (Å²) in [5.41, 5.74) is 4.03. The number of fused-ring (bicyclic) bond motifs is 1. The molecule has 2 nitrogen and oxygen atoms in total. The van der Waals surface area contributed by atoms with Crippen molar-refractivity contribution < 1.29 is 9.90 Å².